The van der Waals surface area contributed by atoms with Gasteiger partial charge in [-0.1, -0.05) is 121 Å². The topological polar surface area (TPSA) is 16.1 Å². The van der Waals surface area contributed by atoms with Gasteiger partial charge in [0.1, 0.15) is 5.82 Å². The van der Waals surface area contributed by atoms with Gasteiger partial charge in [-0.3, -0.25) is 4.90 Å². The van der Waals surface area contributed by atoms with Gasteiger partial charge >= 0.3 is 0 Å². The van der Waals surface area contributed by atoms with Gasteiger partial charge in [0, 0.05) is 22.2 Å². The fourth-order valence-corrected chi connectivity index (χ4v) is 6.50. The molecule has 0 atom stereocenters. The molecule has 2 nitrogen and oxygen atoms in total. The van der Waals surface area contributed by atoms with Crippen LogP contribution in [0.15, 0.2) is 152 Å². The van der Waals surface area contributed by atoms with Crippen molar-refractivity contribution in [1.29, 1.82) is 0 Å². The molecule has 198 valence electrons. The molecular formula is C40H28N2. The summed E-state index contributed by atoms with van der Waals surface area (Å²) < 4.78 is 0. The largest absolute Gasteiger partial charge is 0.294 e. The van der Waals surface area contributed by atoms with Gasteiger partial charge in [-0.25, -0.2) is 4.98 Å². The molecule has 2 heteroatoms. The van der Waals surface area contributed by atoms with Crippen molar-refractivity contribution in [3.05, 3.63) is 157 Å². The average molecular weight is 537 g/mol. The fraction of sp³-hybridized carbons (Fsp3) is 0.0250. The highest BCUT2D eigenvalue weighted by molar-refractivity contribution is 6.26. The van der Waals surface area contributed by atoms with Crippen molar-refractivity contribution < 1.29 is 0 Å². The Hall–Kier alpha value is -5.47. The van der Waals surface area contributed by atoms with E-state index >= 15 is 0 Å². The zero-order valence-corrected chi connectivity index (χ0v) is 23.3. The monoisotopic (exact) mass is 536 g/mol. The number of nitrogens with zero attached hydrogens (tertiary/aromatic N) is 2. The van der Waals surface area contributed by atoms with Crippen molar-refractivity contribution >= 4 is 60.3 Å². The molecule has 8 aromatic rings. The lowest BCUT2D eigenvalue weighted by Gasteiger charge is -2.29. The first-order valence-electron chi connectivity index (χ1n) is 14.4. The number of anilines is 3. The third-order valence-electron chi connectivity index (χ3n) is 8.28. The second kappa shape index (κ2) is 9.87. The molecule has 0 aliphatic rings. The van der Waals surface area contributed by atoms with Crippen molar-refractivity contribution in [2.45, 2.75) is 6.92 Å². The van der Waals surface area contributed by atoms with Crippen LogP contribution in [0.25, 0.3) is 54.2 Å². The standard InChI is InChI=1S/C40H28N2/c1-27-14-13-25-38(41-27)42(29-16-3-2-4-17-29)40-35-23-11-9-21-33(35)39(34-22-10-12-24-36(34)40)37-26-28-15-5-6-18-30(28)31-19-7-8-20-32(31)37/h2-26H,1H3. The molecule has 0 aliphatic carbocycles. The van der Waals surface area contributed by atoms with E-state index in [-0.39, 0.29) is 0 Å². The summed E-state index contributed by atoms with van der Waals surface area (Å²) in [5.41, 5.74) is 5.72. The van der Waals surface area contributed by atoms with E-state index in [9.17, 15) is 0 Å². The molecule has 0 radical (unpaired) electrons. The van der Waals surface area contributed by atoms with Gasteiger partial charge < -0.3 is 0 Å². The zero-order valence-electron chi connectivity index (χ0n) is 23.3. The summed E-state index contributed by atoms with van der Waals surface area (Å²) in [5, 5.41) is 9.89. The van der Waals surface area contributed by atoms with Gasteiger partial charge in [0.2, 0.25) is 0 Å². The Balaban J connectivity index is 1.55. The number of rotatable bonds is 4. The van der Waals surface area contributed by atoms with Crippen LogP contribution in [-0.2, 0) is 0 Å². The van der Waals surface area contributed by atoms with Crippen LogP contribution in [0.1, 0.15) is 5.69 Å². The Bertz CT molecular complexity index is 2210. The summed E-state index contributed by atoms with van der Waals surface area (Å²) in [7, 11) is 0. The zero-order chi connectivity index (χ0) is 28.0. The molecule has 0 fully saturated rings. The van der Waals surface area contributed by atoms with Gasteiger partial charge in [0.15, 0.2) is 0 Å². The van der Waals surface area contributed by atoms with Crippen molar-refractivity contribution in [1.82, 2.24) is 4.98 Å². The number of fused-ring (bicyclic) bond motifs is 5. The van der Waals surface area contributed by atoms with Gasteiger partial charge in [0.05, 0.1) is 5.69 Å². The van der Waals surface area contributed by atoms with E-state index < -0.39 is 0 Å². The number of benzene rings is 7. The quantitative estimate of drug-likeness (QED) is 0.164. The normalized spacial score (nSPS) is 11.5. The van der Waals surface area contributed by atoms with E-state index in [0.29, 0.717) is 0 Å². The summed E-state index contributed by atoms with van der Waals surface area (Å²) in [6, 6.07) is 54.4. The lowest BCUT2D eigenvalue weighted by atomic mass is 9.86. The molecule has 42 heavy (non-hydrogen) atoms. The maximum Gasteiger partial charge on any atom is 0.137 e. The smallest absolute Gasteiger partial charge is 0.137 e. The number of aryl methyl sites for hydroxylation is 1. The van der Waals surface area contributed by atoms with Crippen molar-refractivity contribution in [3.63, 3.8) is 0 Å². The Morgan fingerprint density at radius 1 is 0.452 bits per heavy atom. The predicted molar refractivity (Wildman–Crippen MR) is 179 cm³/mol. The Morgan fingerprint density at radius 3 is 1.67 bits per heavy atom. The molecule has 1 aromatic heterocycles. The number of aromatic nitrogens is 1. The first kappa shape index (κ1) is 24.3. The van der Waals surface area contributed by atoms with Crippen LogP contribution in [0.5, 0.6) is 0 Å². The summed E-state index contributed by atoms with van der Waals surface area (Å²) in [4.78, 5) is 7.34. The molecule has 0 saturated heterocycles. The van der Waals surface area contributed by atoms with Crippen LogP contribution < -0.4 is 4.90 Å². The molecule has 0 unspecified atom stereocenters. The highest BCUT2D eigenvalue weighted by Crippen LogP contribution is 2.49. The molecule has 1 heterocycles. The van der Waals surface area contributed by atoms with Crippen LogP contribution >= 0.6 is 0 Å². The molecule has 0 N–H and O–H groups in total. The summed E-state index contributed by atoms with van der Waals surface area (Å²) >= 11 is 0. The van der Waals surface area contributed by atoms with Crippen LogP contribution in [0, 0.1) is 6.92 Å². The van der Waals surface area contributed by atoms with Gasteiger partial charge in [0.25, 0.3) is 0 Å². The highest BCUT2D eigenvalue weighted by atomic mass is 15.2. The molecular weight excluding hydrogens is 508 g/mol. The lowest BCUT2D eigenvalue weighted by molar-refractivity contribution is 1.14. The minimum atomic E-state index is 0.903. The van der Waals surface area contributed by atoms with Crippen LogP contribution in [0.4, 0.5) is 17.2 Å². The number of hydrogen-bond donors (Lipinski definition) is 0. The van der Waals surface area contributed by atoms with E-state index in [1.807, 2.05) is 0 Å². The maximum absolute atomic E-state index is 5.02. The molecule has 0 bridgehead atoms. The Kier molecular flexibility index (Phi) is 5.72. The number of pyridine rings is 1. The minimum absolute atomic E-state index is 0.903. The first-order valence-corrected chi connectivity index (χ1v) is 14.4. The third-order valence-corrected chi connectivity index (χ3v) is 8.28. The van der Waals surface area contributed by atoms with E-state index in [4.69, 9.17) is 4.98 Å². The van der Waals surface area contributed by atoms with E-state index in [0.717, 1.165) is 22.9 Å². The van der Waals surface area contributed by atoms with Gasteiger partial charge in [-0.05, 0) is 80.7 Å². The summed E-state index contributed by atoms with van der Waals surface area (Å²) in [6.45, 7) is 2.05. The molecule has 7 aromatic carbocycles. The number of para-hydroxylation sites is 1. The van der Waals surface area contributed by atoms with Gasteiger partial charge in [-0.2, -0.15) is 0 Å². The molecule has 0 aliphatic heterocycles. The first-order chi connectivity index (χ1) is 20.8. The van der Waals surface area contributed by atoms with Crippen LogP contribution in [0.2, 0.25) is 0 Å². The van der Waals surface area contributed by atoms with Crippen LogP contribution in [0.3, 0.4) is 0 Å². The Morgan fingerprint density at radius 2 is 1.00 bits per heavy atom. The van der Waals surface area contributed by atoms with E-state index in [1.54, 1.807) is 0 Å². The second-order valence-corrected chi connectivity index (χ2v) is 10.8. The second-order valence-electron chi connectivity index (χ2n) is 10.8. The van der Waals surface area contributed by atoms with Crippen molar-refractivity contribution in [3.8, 4) is 11.1 Å². The highest BCUT2D eigenvalue weighted by Gasteiger charge is 2.23. The van der Waals surface area contributed by atoms with Crippen LogP contribution in [-0.4, -0.2) is 4.98 Å². The number of hydrogen-bond acceptors (Lipinski definition) is 2. The molecule has 0 saturated carbocycles. The average Bonchev–Trinajstić information content (AvgIpc) is 3.05. The van der Waals surface area contributed by atoms with Gasteiger partial charge in [-0.15, -0.1) is 0 Å². The molecule has 8 rings (SSSR count). The van der Waals surface area contributed by atoms with E-state index in [2.05, 4.69) is 163 Å². The third kappa shape index (κ3) is 3.84. The van der Waals surface area contributed by atoms with Crippen molar-refractivity contribution in [2.75, 3.05) is 4.90 Å². The Labute approximate surface area is 245 Å². The maximum atomic E-state index is 5.02. The SMILES string of the molecule is Cc1cccc(N(c2ccccc2)c2c3ccccc3c(-c3cc4ccccc4c4ccccc34)c3ccccc23)n1. The van der Waals surface area contributed by atoms with E-state index in [1.165, 1.54) is 54.2 Å². The predicted octanol–water partition coefficient (Wildman–Crippen LogP) is 11.1. The fourth-order valence-electron chi connectivity index (χ4n) is 6.50. The molecule has 0 spiro atoms. The lowest BCUT2D eigenvalue weighted by Crippen LogP contribution is -2.13. The summed E-state index contributed by atoms with van der Waals surface area (Å²) in [6.07, 6.45) is 0. The summed E-state index contributed by atoms with van der Waals surface area (Å²) in [5.74, 6) is 0.903. The minimum Gasteiger partial charge on any atom is -0.294 e. The van der Waals surface area contributed by atoms with Crippen molar-refractivity contribution in [2.24, 2.45) is 0 Å². The molecule has 0 amide bonds.